The number of aryl methyl sites for hydroxylation is 2. The highest BCUT2D eigenvalue weighted by molar-refractivity contribution is 6.06. The number of amides is 3. The van der Waals surface area contributed by atoms with Gasteiger partial charge in [0, 0.05) is 38.5 Å². The second kappa shape index (κ2) is 12.0. The number of likely N-dealkylation sites (tertiary alicyclic amines) is 1. The van der Waals surface area contributed by atoms with Crippen molar-refractivity contribution in [3.63, 3.8) is 0 Å². The zero-order valence-corrected chi connectivity index (χ0v) is 25.9. The van der Waals surface area contributed by atoms with Gasteiger partial charge in [0.15, 0.2) is 0 Å². The minimum absolute atomic E-state index is 0.128. The van der Waals surface area contributed by atoms with Gasteiger partial charge in [-0.15, -0.1) is 0 Å². The number of ether oxygens (including phenoxy) is 1. The molecular weight excluding hydrogens is 554 g/mol. The van der Waals surface area contributed by atoms with Gasteiger partial charge in [-0.1, -0.05) is 79.6 Å². The molecule has 0 bridgehead atoms. The Labute approximate surface area is 260 Å². The number of benzene rings is 2. The molecule has 0 radical (unpaired) electrons. The number of anilines is 1. The molecule has 0 aliphatic carbocycles. The number of carbonyl (C=O) groups is 3. The van der Waals surface area contributed by atoms with E-state index < -0.39 is 29.1 Å². The first-order valence-corrected chi connectivity index (χ1v) is 15.9. The van der Waals surface area contributed by atoms with Gasteiger partial charge in [0.2, 0.25) is 11.8 Å². The molecule has 1 N–H and O–H groups in total. The Bertz CT molecular complexity index is 1490. The van der Waals surface area contributed by atoms with E-state index in [0.717, 1.165) is 35.2 Å². The van der Waals surface area contributed by atoms with E-state index in [2.05, 4.69) is 0 Å². The van der Waals surface area contributed by atoms with Crippen molar-refractivity contribution in [1.29, 1.82) is 0 Å². The zero-order chi connectivity index (χ0) is 31.1. The van der Waals surface area contributed by atoms with Crippen LogP contribution in [0.2, 0.25) is 0 Å². The molecule has 3 amide bonds. The van der Waals surface area contributed by atoms with E-state index in [1.54, 1.807) is 14.7 Å². The molecule has 4 heterocycles. The van der Waals surface area contributed by atoms with Gasteiger partial charge in [-0.05, 0) is 56.4 Å². The van der Waals surface area contributed by atoms with Crippen molar-refractivity contribution < 1.29 is 24.2 Å². The average molecular weight is 598 g/mol. The summed E-state index contributed by atoms with van der Waals surface area (Å²) in [6, 6.07) is 15.0. The van der Waals surface area contributed by atoms with E-state index in [1.165, 1.54) is 0 Å². The lowest BCUT2D eigenvalue weighted by atomic mass is 9.74. The molecule has 4 aliphatic heterocycles. The highest BCUT2D eigenvalue weighted by atomic mass is 16.5. The normalized spacial score (nSPS) is 29.5. The summed E-state index contributed by atoms with van der Waals surface area (Å²) in [7, 11) is 0. The van der Waals surface area contributed by atoms with E-state index in [0.29, 0.717) is 39.0 Å². The summed E-state index contributed by atoms with van der Waals surface area (Å²) in [5.74, 6) is -2.12. The van der Waals surface area contributed by atoms with Crippen LogP contribution in [0.25, 0.3) is 0 Å². The second-order valence-electron chi connectivity index (χ2n) is 12.9. The minimum atomic E-state index is -1.28. The Kier molecular flexibility index (Phi) is 8.24. The lowest BCUT2D eigenvalue weighted by Crippen LogP contribution is -2.56. The van der Waals surface area contributed by atoms with Crippen molar-refractivity contribution in [2.45, 2.75) is 70.2 Å². The summed E-state index contributed by atoms with van der Waals surface area (Å²) in [5, 5.41) is 9.24. The molecule has 44 heavy (non-hydrogen) atoms. The Hall–Kier alpha value is -3.75. The third-order valence-corrected chi connectivity index (χ3v) is 9.82. The maximum Gasteiger partial charge on any atom is 0.253 e. The number of fused-ring (bicyclic) bond motifs is 2. The number of carbonyl (C=O) groups excluding carboxylic acids is 3. The second-order valence-corrected chi connectivity index (χ2v) is 12.9. The highest BCUT2D eigenvalue weighted by Crippen LogP contribution is 2.57. The number of hydrogen-bond acceptors (Lipinski definition) is 5. The fourth-order valence-electron chi connectivity index (χ4n) is 7.73. The van der Waals surface area contributed by atoms with E-state index in [4.69, 9.17) is 4.74 Å². The monoisotopic (exact) mass is 597 g/mol. The van der Waals surface area contributed by atoms with Gasteiger partial charge in [0.1, 0.15) is 11.6 Å². The summed E-state index contributed by atoms with van der Waals surface area (Å²) in [4.78, 5) is 49.1. The number of aliphatic hydroxyl groups excluding tert-OH is 1. The summed E-state index contributed by atoms with van der Waals surface area (Å²) >= 11 is 0. The summed E-state index contributed by atoms with van der Waals surface area (Å²) in [6.07, 6.45) is 10.8. The van der Waals surface area contributed by atoms with Crippen molar-refractivity contribution in [2.24, 2.45) is 11.8 Å². The standard InChI is InChI=1S/C36H43N3O5/c1-25-15-16-26(2)28(23-25)38-21-12-18-36-30(33(42)39(31(36)34(38)43)20-9-4-5-10-22-40)29-32(41)37(19-11-17-35(29,3)44-36)24-27-13-7-6-8-14-27/h6-8,11-18,23,29-31,40H,4-5,9-10,19-22,24H2,1-3H3/t29-,30+,31?,35+,36+/m1/s1. The van der Waals surface area contributed by atoms with Crippen LogP contribution in [0.5, 0.6) is 0 Å². The summed E-state index contributed by atoms with van der Waals surface area (Å²) in [6.45, 7) is 7.60. The predicted octanol–water partition coefficient (Wildman–Crippen LogP) is 4.33. The molecule has 5 atom stereocenters. The number of aliphatic hydroxyl groups is 1. The van der Waals surface area contributed by atoms with Crippen LogP contribution in [0.15, 0.2) is 72.8 Å². The van der Waals surface area contributed by atoms with Gasteiger partial charge < -0.3 is 24.5 Å². The maximum atomic E-state index is 14.8. The van der Waals surface area contributed by atoms with Crippen LogP contribution in [0.1, 0.15) is 49.3 Å². The Morgan fingerprint density at radius 3 is 2.39 bits per heavy atom. The predicted molar refractivity (Wildman–Crippen MR) is 169 cm³/mol. The first-order chi connectivity index (χ1) is 21.2. The molecule has 0 saturated carbocycles. The summed E-state index contributed by atoms with van der Waals surface area (Å²) < 4.78 is 6.99. The smallest absolute Gasteiger partial charge is 0.253 e. The van der Waals surface area contributed by atoms with Gasteiger partial charge in [-0.2, -0.15) is 0 Å². The fraction of sp³-hybridized carbons (Fsp3) is 0.472. The van der Waals surface area contributed by atoms with E-state index >= 15 is 0 Å². The number of hydrogen-bond donors (Lipinski definition) is 1. The molecular formula is C36H43N3O5. The van der Waals surface area contributed by atoms with Crippen LogP contribution >= 0.6 is 0 Å². The van der Waals surface area contributed by atoms with Crippen LogP contribution in [0.3, 0.4) is 0 Å². The lowest BCUT2D eigenvalue weighted by Gasteiger charge is -2.37. The van der Waals surface area contributed by atoms with Crippen LogP contribution in [-0.4, -0.2) is 76.1 Å². The van der Waals surface area contributed by atoms with Crippen molar-refractivity contribution in [2.75, 3.05) is 31.1 Å². The van der Waals surface area contributed by atoms with Gasteiger partial charge >= 0.3 is 0 Å². The molecule has 2 saturated heterocycles. The van der Waals surface area contributed by atoms with Crippen molar-refractivity contribution in [3.05, 3.63) is 89.5 Å². The highest BCUT2D eigenvalue weighted by Gasteiger charge is 2.74. The third-order valence-electron chi connectivity index (χ3n) is 9.82. The average Bonchev–Trinajstić information content (AvgIpc) is 3.27. The molecule has 8 heteroatoms. The Balaban J connectivity index is 1.40. The van der Waals surface area contributed by atoms with Crippen molar-refractivity contribution in [1.82, 2.24) is 9.80 Å². The largest absolute Gasteiger partial charge is 0.396 e. The number of unbranched alkanes of at least 4 members (excludes halogenated alkanes) is 3. The molecule has 232 valence electrons. The third kappa shape index (κ3) is 5.08. The SMILES string of the molecule is Cc1ccc(C)c(N2CC=C[C@]34O[C@@]5(C)C=CCN(Cc6ccccc6)C(=O)[C@H]5[C@H]3C(=O)N(CCCCCCO)C4C2=O)c1. The van der Waals surface area contributed by atoms with Crippen LogP contribution < -0.4 is 4.90 Å². The van der Waals surface area contributed by atoms with Crippen LogP contribution in [0.4, 0.5) is 5.69 Å². The van der Waals surface area contributed by atoms with Gasteiger partial charge in [-0.25, -0.2) is 0 Å². The van der Waals surface area contributed by atoms with Gasteiger partial charge in [-0.3, -0.25) is 14.4 Å². The molecule has 6 rings (SSSR count). The number of rotatable bonds is 9. The molecule has 8 nitrogen and oxygen atoms in total. The van der Waals surface area contributed by atoms with E-state index in [1.807, 2.05) is 93.6 Å². The molecule has 1 spiro atoms. The fourth-order valence-corrected chi connectivity index (χ4v) is 7.73. The van der Waals surface area contributed by atoms with E-state index in [9.17, 15) is 19.5 Å². The topological polar surface area (TPSA) is 90.4 Å². The van der Waals surface area contributed by atoms with Crippen LogP contribution in [0, 0.1) is 25.7 Å². The number of nitrogens with zero attached hydrogens (tertiary/aromatic N) is 3. The van der Waals surface area contributed by atoms with Gasteiger partial charge in [0.25, 0.3) is 5.91 Å². The first kappa shape index (κ1) is 30.3. The first-order valence-electron chi connectivity index (χ1n) is 15.9. The summed E-state index contributed by atoms with van der Waals surface area (Å²) in [5.41, 5.74) is 1.53. The molecule has 2 aromatic carbocycles. The molecule has 0 aromatic heterocycles. The maximum absolute atomic E-state index is 14.8. The molecule has 1 unspecified atom stereocenters. The zero-order valence-electron chi connectivity index (χ0n) is 25.9. The minimum Gasteiger partial charge on any atom is -0.396 e. The Morgan fingerprint density at radius 2 is 1.61 bits per heavy atom. The van der Waals surface area contributed by atoms with Crippen LogP contribution in [-0.2, 0) is 25.7 Å². The quantitative estimate of drug-likeness (QED) is 0.344. The molecule has 2 aromatic rings. The van der Waals surface area contributed by atoms with Gasteiger partial charge in [0.05, 0.1) is 17.4 Å². The van der Waals surface area contributed by atoms with E-state index in [-0.39, 0.29) is 24.3 Å². The molecule has 4 aliphatic rings. The Morgan fingerprint density at radius 1 is 0.864 bits per heavy atom. The lowest BCUT2D eigenvalue weighted by molar-refractivity contribution is -0.148. The molecule has 2 fully saturated rings. The van der Waals surface area contributed by atoms with Crippen molar-refractivity contribution >= 4 is 23.4 Å². The van der Waals surface area contributed by atoms with Crippen molar-refractivity contribution in [3.8, 4) is 0 Å².